The Morgan fingerprint density at radius 1 is 1.42 bits per heavy atom. The third-order valence-corrected chi connectivity index (χ3v) is 5.56. The smallest absolute Gasteiger partial charge is 0.240 e. The Hall–Kier alpha value is -1.01. The topological polar surface area (TPSA) is 32.7 Å². The second-order valence-electron chi connectivity index (χ2n) is 4.33. The van der Waals surface area contributed by atoms with Crippen LogP contribution in [-0.2, 0) is 4.79 Å². The average molecular weight is 296 g/mol. The van der Waals surface area contributed by atoms with Crippen LogP contribution >= 0.6 is 23.5 Å². The molecular weight excluding hydrogens is 283 g/mol. The highest BCUT2D eigenvalue weighted by Crippen LogP contribution is 2.34. The molecule has 0 unspecified atom stereocenters. The molecule has 1 atom stereocenters. The quantitative estimate of drug-likeness (QED) is 0.841. The lowest BCUT2D eigenvalue weighted by molar-refractivity contribution is -0.116. The van der Waals surface area contributed by atoms with Crippen LogP contribution in [0.25, 0.3) is 0 Å². The Labute approximate surface area is 119 Å². The molecule has 6 heteroatoms. The van der Waals surface area contributed by atoms with Gasteiger partial charge in [0, 0.05) is 12.3 Å². The van der Waals surface area contributed by atoms with Gasteiger partial charge in [0.15, 0.2) is 0 Å². The molecule has 3 nitrogen and oxygen atoms in total. The van der Waals surface area contributed by atoms with Gasteiger partial charge in [-0.3, -0.25) is 9.79 Å². The summed E-state index contributed by atoms with van der Waals surface area (Å²) in [5, 5.41) is -0.121. The van der Waals surface area contributed by atoms with Crippen molar-refractivity contribution in [3.8, 4) is 0 Å². The van der Waals surface area contributed by atoms with E-state index in [0.29, 0.717) is 12.2 Å². The predicted octanol–water partition coefficient (Wildman–Crippen LogP) is 2.77. The van der Waals surface area contributed by atoms with Crippen LogP contribution < -0.4 is 4.90 Å². The van der Waals surface area contributed by atoms with E-state index in [4.69, 9.17) is 0 Å². The van der Waals surface area contributed by atoms with E-state index in [1.54, 1.807) is 34.9 Å². The zero-order valence-corrected chi connectivity index (χ0v) is 11.8. The van der Waals surface area contributed by atoms with Gasteiger partial charge < -0.3 is 4.90 Å². The maximum atomic E-state index is 13.7. The fraction of sp³-hybridized carbons (Fsp3) is 0.385. The van der Waals surface area contributed by atoms with Crippen LogP contribution in [0.4, 0.5) is 10.1 Å². The molecule has 0 saturated carbocycles. The number of thioether (sulfide) groups is 2. The molecule has 0 N–H and O–H groups in total. The summed E-state index contributed by atoms with van der Waals surface area (Å²) >= 11 is 3.23. The highest BCUT2D eigenvalue weighted by atomic mass is 32.2. The zero-order chi connectivity index (χ0) is 13.2. The van der Waals surface area contributed by atoms with Gasteiger partial charge in [-0.1, -0.05) is 35.7 Å². The first-order chi connectivity index (χ1) is 9.25. The number of benzene rings is 1. The van der Waals surface area contributed by atoms with E-state index in [2.05, 4.69) is 4.99 Å². The molecule has 0 aliphatic carbocycles. The fourth-order valence-corrected chi connectivity index (χ4v) is 4.45. The standard InChI is InChI=1S/C13H13FN2OS2/c14-9-3-1-2-4-10(9)16-7-5-11(12(16)17)19-13-15-6-8-18-13/h1-4,11H,5-8H2/t11-/m0/s1. The van der Waals surface area contributed by atoms with Crippen molar-refractivity contribution in [2.45, 2.75) is 11.7 Å². The Kier molecular flexibility index (Phi) is 3.79. The Bertz CT molecular complexity index is 535. The number of carbonyl (C=O) groups excluding carboxylic acids is 1. The lowest BCUT2D eigenvalue weighted by Gasteiger charge is -2.17. The summed E-state index contributed by atoms with van der Waals surface area (Å²) in [6.07, 6.45) is 0.747. The predicted molar refractivity (Wildman–Crippen MR) is 79.5 cm³/mol. The molecule has 0 aromatic heterocycles. The molecule has 3 rings (SSSR count). The molecule has 0 bridgehead atoms. The third-order valence-electron chi connectivity index (χ3n) is 3.10. The molecule has 1 amide bonds. The van der Waals surface area contributed by atoms with E-state index in [-0.39, 0.29) is 17.0 Å². The minimum Gasteiger partial charge on any atom is -0.309 e. The molecule has 2 aliphatic heterocycles. The normalized spacial score (nSPS) is 23.0. The first-order valence-corrected chi connectivity index (χ1v) is 8.02. The maximum Gasteiger partial charge on any atom is 0.240 e. The first-order valence-electron chi connectivity index (χ1n) is 6.15. The van der Waals surface area contributed by atoms with Crippen LogP contribution in [0.1, 0.15) is 6.42 Å². The number of hydrogen-bond donors (Lipinski definition) is 0. The van der Waals surface area contributed by atoms with Gasteiger partial charge >= 0.3 is 0 Å². The Balaban J connectivity index is 1.73. The molecule has 1 saturated heterocycles. The second kappa shape index (κ2) is 5.54. The first kappa shape index (κ1) is 13.0. The van der Waals surface area contributed by atoms with Crippen LogP contribution in [-0.4, -0.2) is 34.4 Å². The van der Waals surface area contributed by atoms with Gasteiger partial charge in [0.05, 0.1) is 17.5 Å². The number of amides is 1. The van der Waals surface area contributed by atoms with Gasteiger partial charge in [0.25, 0.3) is 0 Å². The van der Waals surface area contributed by atoms with Crippen LogP contribution in [0.15, 0.2) is 29.3 Å². The van der Waals surface area contributed by atoms with Crippen molar-refractivity contribution in [3.05, 3.63) is 30.1 Å². The highest BCUT2D eigenvalue weighted by Gasteiger charge is 2.35. The van der Waals surface area contributed by atoms with Crippen molar-refractivity contribution in [1.29, 1.82) is 0 Å². The number of carbonyl (C=O) groups is 1. The zero-order valence-electron chi connectivity index (χ0n) is 10.2. The maximum absolute atomic E-state index is 13.7. The molecular formula is C13H13FN2OS2. The summed E-state index contributed by atoms with van der Waals surface area (Å²) in [5.41, 5.74) is 0.386. The van der Waals surface area contributed by atoms with Gasteiger partial charge in [0.2, 0.25) is 5.91 Å². The number of rotatable bonds is 2. The van der Waals surface area contributed by atoms with Gasteiger partial charge in [-0.05, 0) is 18.6 Å². The number of nitrogens with zero attached hydrogens (tertiary/aromatic N) is 2. The molecule has 1 aromatic rings. The Morgan fingerprint density at radius 3 is 3.00 bits per heavy atom. The molecule has 100 valence electrons. The van der Waals surface area contributed by atoms with Gasteiger partial charge in [0.1, 0.15) is 10.2 Å². The number of anilines is 1. The number of aliphatic imine (C=N–C) groups is 1. The summed E-state index contributed by atoms with van der Waals surface area (Å²) < 4.78 is 14.7. The van der Waals surface area contributed by atoms with E-state index >= 15 is 0 Å². The van der Waals surface area contributed by atoms with Gasteiger partial charge in [-0.2, -0.15) is 0 Å². The third kappa shape index (κ3) is 2.65. The largest absolute Gasteiger partial charge is 0.309 e. The minimum atomic E-state index is -0.339. The Morgan fingerprint density at radius 2 is 2.26 bits per heavy atom. The molecule has 1 aromatic carbocycles. The van der Waals surface area contributed by atoms with E-state index in [9.17, 15) is 9.18 Å². The number of hydrogen-bond acceptors (Lipinski definition) is 4. The molecule has 2 heterocycles. The molecule has 0 radical (unpaired) electrons. The monoisotopic (exact) mass is 296 g/mol. The lowest BCUT2D eigenvalue weighted by Crippen LogP contribution is -2.29. The molecule has 2 aliphatic rings. The van der Waals surface area contributed by atoms with Crippen molar-refractivity contribution in [2.75, 3.05) is 23.7 Å². The van der Waals surface area contributed by atoms with Crippen LogP contribution in [0, 0.1) is 5.82 Å². The highest BCUT2D eigenvalue weighted by molar-refractivity contribution is 8.39. The molecule has 0 spiro atoms. The van der Waals surface area contributed by atoms with Crippen LogP contribution in [0.3, 0.4) is 0 Å². The van der Waals surface area contributed by atoms with Crippen LogP contribution in [0.2, 0.25) is 0 Å². The van der Waals surface area contributed by atoms with Gasteiger partial charge in [-0.15, -0.1) is 0 Å². The lowest BCUT2D eigenvalue weighted by atomic mass is 10.3. The van der Waals surface area contributed by atoms with Crippen molar-refractivity contribution in [2.24, 2.45) is 4.99 Å². The van der Waals surface area contributed by atoms with Crippen LogP contribution in [0.5, 0.6) is 0 Å². The number of para-hydroxylation sites is 1. The summed E-state index contributed by atoms with van der Waals surface area (Å²) in [6, 6.07) is 6.43. The molecule has 19 heavy (non-hydrogen) atoms. The average Bonchev–Trinajstić information content (AvgIpc) is 3.03. The van der Waals surface area contributed by atoms with E-state index in [0.717, 1.165) is 23.1 Å². The minimum absolute atomic E-state index is 0.00898. The molecule has 1 fully saturated rings. The fourth-order valence-electron chi connectivity index (χ4n) is 2.18. The van der Waals surface area contributed by atoms with E-state index in [1.165, 1.54) is 17.8 Å². The van der Waals surface area contributed by atoms with Crippen molar-refractivity contribution in [3.63, 3.8) is 0 Å². The van der Waals surface area contributed by atoms with Crippen molar-refractivity contribution >= 4 is 39.5 Å². The second-order valence-corrected chi connectivity index (χ2v) is 6.87. The number of halogens is 1. The van der Waals surface area contributed by atoms with E-state index in [1.807, 2.05) is 0 Å². The summed E-state index contributed by atoms with van der Waals surface area (Å²) in [7, 11) is 0. The van der Waals surface area contributed by atoms with Gasteiger partial charge in [-0.25, -0.2) is 4.39 Å². The summed E-state index contributed by atoms with van der Waals surface area (Å²) in [4.78, 5) is 18.2. The SMILES string of the molecule is O=C1[C@@H](SC2=NCCS2)CCN1c1ccccc1F. The van der Waals surface area contributed by atoms with Crippen molar-refractivity contribution in [1.82, 2.24) is 0 Å². The summed E-state index contributed by atoms with van der Waals surface area (Å²) in [5.74, 6) is 0.652. The van der Waals surface area contributed by atoms with Crippen molar-refractivity contribution < 1.29 is 9.18 Å². The van der Waals surface area contributed by atoms with E-state index < -0.39 is 0 Å². The summed E-state index contributed by atoms with van der Waals surface area (Å²) in [6.45, 7) is 1.42.